The molecule has 1 aromatic rings. The fraction of sp³-hybridized carbons (Fsp3) is 0.667. The van der Waals surface area contributed by atoms with E-state index < -0.39 is 5.60 Å². The maximum atomic E-state index is 10.1. The predicted molar refractivity (Wildman–Crippen MR) is 63.6 cm³/mol. The Morgan fingerprint density at radius 2 is 2.06 bits per heavy atom. The van der Waals surface area contributed by atoms with Gasteiger partial charge in [-0.2, -0.15) is 0 Å². The average Bonchev–Trinajstić information content (AvgIpc) is 2.19. The maximum absolute atomic E-state index is 10.1. The lowest BCUT2D eigenvalue weighted by molar-refractivity contribution is 0.00289. The highest BCUT2D eigenvalue weighted by Gasteiger charge is 2.40. The summed E-state index contributed by atoms with van der Waals surface area (Å²) in [5.41, 5.74) is 1.42. The van der Waals surface area contributed by atoms with Crippen LogP contribution in [0, 0.1) is 13.8 Å². The van der Waals surface area contributed by atoms with Gasteiger partial charge in [-0.3, -0.25) is 4.98 Å². The number of rotatable bonds is 3. The van der Waals surface area contributed by atoms with Crippen LogP contribution in [0.1, 0.15) is 31.2 Å². The van der Waals surface area contributed by atoms with Gasteiger partial charge >= 0.3 is 0 Å². The van der Waals surface area contributed by atoms with Gasteiger partial charge in [0.05, 0.1) is 36.3 Å². The van der Waals surface area contributed by atoms with Gasteiger partial charge in [0.2, 0.25) is 0 Å². The molecule has 1 fully saturated rings. The van der Waals surface area contributed by atoms with Crippen molar-refractivity contribution in [2.24, 2.45) is 0 Å². The highest BCUT2D eigenvalue weighted by Crippen LogP contribution is 2.29. The summed E-state index contributed by atoms with van der Waals surface area (Å²) in [6.45, 7) is 7.37. The lowest BCUT2D eigenvalue weighted by Gasteiger charge is -2.47. The van der Waals surface area contributed by atoms with Crippen LogP contribution in [0.2, 0.25) is 0 Å². The molecule has 16 heavy (non-hydrogen) atoms. The average molecular weight is 221 g/mol. The smallest absolute Gasteiger partial charge is 0.147 e. The number of hydrogen-bond acceptors (Lipinski definition) is 4. The van der Waals surface area contributed by atoms with E-state index >= 15 is 0 Å². The second-order valence-electron chi connectivity index (χ2n) is 4.73. The molecule has 1 saturated heterocycles. The first-order valence-corrected chi connectivity index (χ1v) is 5.82. The molecule has 0 saturated carbocycles. The molecule has 0 unspecified atom stereocenters. The van der Waals surface area contributed by atoms with E-state index in [0.29, 0.717) is 13.1 Å². The summed E-state index contributed by atoms with van der Waals surface area (Å²) in [7, 11) is 0. The van der Waals surface area contributed by atoms with Crippen molar-refractivity contribution in [3.05, 3.63) is 17.6 Å². The molecule has 0 amide bonds. The van der Waals surface area contributed by atoms with Gasteiger partial charge in [0, 0.05) is 0 Å². The summed E-state index contributed by atoms with van der Waals surface area (Å²) in [5.74, 6) is 0.879. The molecule has 1 aliphatic rings. The molecule has 0 aliphatic carbocycles. The number of anilines is 1. The summed E-state index contributed by atoms with van der Waals surface area (Å²) in [5, 5.41) is 10.1. The van der Waals surface area contributed by atoms with Crippen LogP contribution < -0.4 is 4.90 Å². The third-order valence-electron chi connectivity index (χ3n) is 3.19. The minimum atomic E-state index is -0.505. The standard InChI is InChI=1S/C12H19N3O/c1-4-5-12(16)7-15(8-12)11-6-13-9(2)10(3)14-11/h6,16H,4-5,7-8H2,1-3H3. The van der Waals surface area contributed by atoms with Crippen LogP contribution in [0.3, 0.4) is 0 Å². The highest BCUT2D eigenvalue weighted by molar-refractivity contribution is 5.43. The Labute approximate surface area is 96.3 Å². The second kappa shape index (κ2) is 4.01. The van der Waals surface area contributed by atoms with Crippen molar-refractivity contribution >= 4 is 5.82 Å². The van der Waals surface area contributed by atoms with Gasteiger partial charge in [-0.25, -0.2) is 4.98 Å². The van der Waals surface area contributed by atoms with E-state index in [1.54, 1.807) is 6.20 Å². The quantitative estimate of drug-likeness (QED) is 0.839. The van der Waals surface area contributed by atoms with Gasteiger partial charge in [0.25, 0.3) is 0 Å². The first-order chi connectivity index (χ1) is 7.54. The Morgan fingerprint density at radius 1 is 1.38 bits per heavy atom. The molecule has 88 valence electrons. The molecule has 4 heteroatoms. The van der Waals surface area contributed by atoms with Gasteiger partial charge in [-0.05, 0) is 20.3 Å². The molecule has 0 atom stereocenters. The molecule has 0 bridgehead atoms. The maximum Gasteiger partial charge on any atom is 0.147 e. The van der Waals surface area contributed by atoms with Crippen molar-refractivity contribution in [2.45, 2.75) is 39.2 Å². The van der Waals surface area contributed by atoms with E-state index in [0.717, 1.165) is 30.0 Å². The van der Waals surface area contributed by atoms with Crippen LogP contribution in [0.25, 0.3) is 0 Å². The van der Waals surface area contributed by atoms with Crippen LogP contribution in [0.4, 0.5) is 5.82 Å². The molecule has 4 nitrogen and oxygen atoms in total. The molecule has 1 N–H and O–H groups in total. The third-order valence-corrected chi connectivity index (χ3v) is 3.19. The largest absolute Gasteiger partial charge is 0.386 e. The van der Waals surface area contributed by atoms with Crippen molar-refractivity contribution < 1.29 is 5.11 Å². The summed E-state index contributed by atoms with van der Waals surface area (Å²) < 4.78 is 0. The second-order valence-corrected chi connectivity index (χ2v) is 4.73. The van der Waals surface area contributed by atoms with Crippen LogP contribution in [-0.4, -0.2) is 33.8 Å². The molecule has 2 rings (SSSR count). The fourth-order valence-corrected chi connectivity index (χ4v) is 2.13. The number of aliphatic hydroxyl groups is 1. The molecule has 0 radical (unpaired) electrons. The Balaban J connectivity index is 2.04. The van der Waals surface area contributed by atoms with Crippen LogP contribution >= 0.6 is 0 Å². The molecular weight excluding hydrogens is 202 g/mol. The van der Waals surface area contributed by atoms with E-state index in [9.17, 15) is 5.11 Å². The molecule has 2 heterocycles. The van der Waals surface area contributed by atoms with E-state index in [-0.39, 0.29) is 0 Å². The van der Waals surface area contributed by atoms with E-state index in [1.165, 1.54) is 0 Å². The number of β-amino-alcohol motifs (C(OH)–C–C–N with tert-alkyl or cyclic N) is 1. The number of hydrogen-bond donors (Lipinski definition) is 1. The van der Waals surface area contributed by atoms with Crippen molar-refractivity contribution in [1.82, 2.24) is 9.97 Å². The Morgan fingerprint density at radius 3 is 2.62 bits per heavy atom. The molecule has 0 spiro atoms. The molecule has 1 aliphatic heterocycles. The minimum Gasteiger partial charge on any atom is -0.386 e. The number of aryl methyl sites for hydroxylation is 2. The van der Waals surface area contributed by atoms with Gasteiger partial charge in [-0.1, -0.05) is 13.3 Å². The monoisotopic (exact) mass is 221 g/mol. The first-order valence-electron chi connectivity index (χ1n) is 5.82. The normalized spacial score (nSPS) is 18.4. The van der Waals surface area contributed by atoms with Crippen molar-refractivity contribution in [1.29, 1.82) is 0 Å². The molecular formula is C12H19N3O. The van der Waals surface area contributed by atoms with Crippen LogP contribution in [-0.2, 0) is 0 Å². The molecule has 1 aromatic heterocycles. The van der Waals surface area contributed by atoms with Crippen LogP contribution in [0.5, 0.6) is 0 Å². The summed E-state index contributed by atoms with van der Waals surface area (Å²) in [6.07, 6.45) is 3.67. The Hall–Kier alpha value is -1.16. The zero-order valence-electron chi connectivity index (χ0n) is 10.2. The van der Waals surface area contributed by atoms with Gasteiger partial charge in [-0.15, -0.1) is 0 Å². The van der Waals surface area contributed by atoms with Gasteiger partial charge < -0.3 is 10.0 Å². The van der Waals surface area contributed by atoms with E-state index in [1.807, 2.05) is 13.8 Å². The van der Waals surface area contributed by atoms with Gasteiger partial charge in [0.15, 0.2) is 0 Å². The zero-order chi connectivity index (χ0) is 11.8. The topological polar surface area (TPSA) is 49.2 Å². The summed E-state index contributed by atoms with van der Waals surface area (Å²) >= 11 is 0. The zero-order valence-corrected chi connectivity index (χ0v) is 10.2. The van der Waals surface area contributed by atoms with Gasteiger partial charge in [0.1, 0.15) is 5.82 Å². The Bertz CT molecular complexity index is 386. The Kier molecular flexibility index (Phi) is 2.84. The number of aromatic nitrogens is 2. The highest BCUT2D eigenvalue weighted by atomic mass is 16.3. The number of nitrogens with zero attached hydrogens (tertiary/aromatic N) is 3. The van der Waals surface area contributed by atoms with Crippen molar-refractivity contribution in [3.8, 4) is 0 Å². The van der Waals surface area contributed by atoms with E-state index in [4.69, 9.17) is 0 Å². The molecule has 0 aromatic carbocycles. The predicted octanol–water partition coefficient (Wildman–Crippen LogP) is 1.44. The SMILES string of the molecule is CCCC1(O)CN(c2cnc(C)c(C)n2)C1. The summed E-state index contributed by atoms with van der Waals surface area (Å²) in [6, 6.07) is 0. The summed E-state index contributed by atoms with van der Waals surface area (Å²) in [4.78, 5) is 10.8. The van der Waals surface area contributed by atoms with Crippen molar-refractivity contribution in [2.75, 3.05) is 18.0 Å². The van der Waals surface area contributed by atoms with E-state index in [2.05, 4.69) is 21.8 Å². The third kappa shape index (κ3) is 2.02. The lowest BCUT2D eigenvalue weighted by Crippen LogP contribution is -2.62. The minimum absolute atomic E-state index is 0.505. The van der Waals surface area contributed by atoms with Crippen molar-refractivity contribution in [3.63, 3.8) is 0 Å². The lowest BCUT2D eigenvalue weighted by atomic mass is 9.89. The van der Waals surface area contributed by atoms with Crippen LogP contribution in [0.15, 0.2) is 6.20 Å². The first kappa shape index (κ1) is 11.3. The fourth-order valence-electron chi connectivity index (χ4n) is 2.13.